The molecule has 0 aliphatic carbocycles. The van der Waals surface area contributed by atoms with Crippen molar-refractivity contribution in [1.29, 1.82) is 0 Å². The molecule has 1 fully saturated rings. The third-order valence-corrected chi connectivity index (χ3v) is 1.95. The van der Waals surface area contributed by atoms with Gasteiger partial charge in [-0.05, 0) is 6.92 Å². The van der Waals surface area contributed by atoms with Crippen molar-refractivity contribution >= 4 is 5.91 Å². The molecule has 1 unspecified atom stereocenters. The minimum absolute atomic E-state index is 0.154. The molecule has 2 radical (unpaired) electrons. The summed E-state index contributed by atoms with van der Waals surface area (Å²) in [5, 5.41) is 21.0. The van der Waals surface area contributed by atoms with Crippen LogP contribution in [0.1, 0.15) is 6.92 Å². The van der Waals surface area contributed by atoms with Gasteiger partial charge in [0, 0.05) is 13.5 Å². The Bertz CT molecular complexity index is 197. The summed E-state index contributed by atoms with van der Waals surface area (Å²) >= 11 is 0. The van der Waals surface area contributed by atoms with Crippen LogP contribution < -0.4 is 5.32 Å². The lowest BCUT2D eigenvalue weighted by Crippen LogP contribution is -2.39. The van der Waals surface area contributed by atoms with Gasteiger partial charge in [0.25, 0.3) is 0 Å². The zero-order valence-electron chi connectivity index (χ0n) is 7.30. The Labute approximate surface area is 76.7 Å². The smallest absolute Gasteiger partial charge is 0.216 e. The van der Waals surface area contributed by atoms with Crippen LogP contribution in [0.25, 0.3) is 0 Å². The summed E-state index contributed by atoms with van der Waals surface area (Å²) in [4.78, 5) is 10.5. The van der Waals surface area contributed by atoms with Crippen molar-refractivity contribution in [2.24, 2.45) is 0 Å². The molecule has 0 aromatic rings. The molecule has 4 atom stereocenters. The molecule has 0 bridgehead atoms. The third-order valence-electron chi connectivity index (χ3n) is 1.95. The van der Waals surface area contributed by atoms with Crippen LogP contribution in [0.3, 0.4) is 0 Å². The molecule has 13 heavy (non-hydrogen) atoms. The van der Waals surface area contributed by atoms with Crippen LogP contribution in [0.5, 0.6) is 0 Å². The Morgan fingerprint density at radius 1 is 1.54 bits per heavy atom. The molecule has 1 aliphatic rings. The lowest BCUT2D eigenvalue weighted by Gasteiger charge is -2.14. The summed E-state index contributed by atoms with van der Waals surface area (Å²) in [6.07, 6.45) is -3.64. The quantitative estimate of drug-likeness (QED) is 0.482. The van der Waals surface area contributed by atoms with E-state index in [9.17, 15) is 15.0 Å². The maximum atomic E-state index is 10.5. The molecule has 3 N–H and O–H groups in total. The lowest BCUT2D eigenvalue weighted by molar-refractivity contribution is -0.119. The number of ether oxygens (including phenoxy) is 1. The second kappa shape index (κ2) is 4.04. The van der Waals surface area contributed by atoms with Crippen molar-refractivity contribution in [2.75, 3.05) is 6.54 Å². The minimum atomic E-state index is -1.08. The molecule has 5 nitrogen and oxygen atoms in total. The zero-order valence-corrected chi connectivity index (χ0v) is 7.30. The fraction of sp³-hybridized carbons (Fsp3) is 0.750. The number of amides is 1. The lowest BCUT2D eigenvalue weighted by atomic mass is 10.1. The second-order valence-electron chi connectivity index (χ2n) is 3.06. The van der Waals surface area contributed by atoms with Crippen LogP contribution in [0.2, 0.25) is 0 Å². The maximum Gasteiger partial charge on any atom is 0.216 e. The Balaban J connectivity index is 2.40. The third kappa shape index (κ3) is 2.40. The summed E-state index contributed by atoms with van der Waals surface area (Å²) in [6.45, 7) is 6.83. The summed E-state index contributed by atoms with van der Waals surface area (Å²) in [6, 6.07) is 0. The van der Waals surface area contributed by atoms with Gasteiger partial charge in [-0.3, -0.25) is 4.79 Å². The maximum absolute atomic E-state index is 10.5. The van der Waals surface area contributed by atoms with Crippen LogP contribution in [-0.2, 0) is 9.53 Å². The zero-order chi connectivity index (χ0) is 10.0. The van der Waals surface area contributed by atoms with Gasteiger partial charge in [-0.2, -0.15) is 0 Å². The number of carbonyl (C=O) groups is 1. The van der Waals surface area contributed by atoms with E-state index in [0.717, 1.165) is 0 Å². The van der Waals surface area contributed by atoms with Crippen LogP contribution >= 0.6 is 0 Å². The number of rotatable bonds is 2. The first-order chi connectivity index (χ1) is 6.02. The summed E-state index contributed by atoms with van der Waals surface area (Å²) in [5.74, 6) is -0.217. The van der Waals surface area contributed by atoms with Gasteiger partial charge in [-0.15, -0.1) is 0 Å². The predicted octanol–water partition coefficient (Wildman–Crippen LogP) is -1.68. The van der Waals surface area contributed by atoms with Crippen molar-refractivity contribution in [3.8, 4) is 0 Å². The van der Waals surface area contributed by atoms with Gasteiger partial charge in [0.15, 0.2) is 0 Å². The second-order valence-corrected chi connectivity index (χ2v) is 3.06. The van der Waals surface area contributed by atoms with E-state index in [4.69, 9.17) is 11.7 Å². The minimum Gasteiger partial charge on any atom is -0.388 e. The van der Waals surface area contributed by atoms with E-state index in [1.165, 1.54) is 6.92 Å². The van der Waals surface area contributed by atoms with E-state index < -0.39 is 24.4 Å². The van der Waals surface area contributed by atoms with E-state index in [1.807, 2.05) is 0 Å². The van der Waals surface area contributed by atoms with Crippen molar-refractivity contribution in [3.63, 3.8) is 0 Å². The van der Waals surface area contributed by atoms with E-state index in [2.05, 4.69) is 5.32 Å². The van der Waals surface area contributed by atoms with Crippen molar-refractivity contribution in [2.45, 2.75) is 31.3 Å². The van der Waals surface area contributed by atoms with Gasteiger partial charge in [-0.25, -0.2) is 0 Å². The molecule has 0 spiro atoms. The van der Waals surface area contributed by atoms with Gasteiger partial charge in [-0.1, -0.05) is 0 Å². The highest BCUT2D eigenvalue weighted by molar-refractivity contribution is 5.72. The first-order valence-corrected chi connectivity index (χ1v) is 4.04. The Kier molecular flexibility index (Phi) is 3.24. The highest BCUT2D eigenvalue weighted by Crippen LogP contribution is 2.19. The molecule has 74 valence electrons. The molecule has 1 heterocycles. The van der Waals surface area contributed by atoms with Crippen LogP contribution in [0.15, 0.2) is 0 Å². The monoisotopic (exact) mass is 187 g/mol. The predicted molar refractivity (Wildman–Crippen MR) is 43.7 cm³/mol. The Hall–Kier alpha value is -0.650. The van der Waals surface area contributed by atoms with Gasteiger partial charge >= 0.3 is 0 Å². The number of nitrogens with one attached hydrogen (secondary N) is 1. The van der Waals surface area contributed by atoms with Crippen molar-refractivity contribution in [1.82, 2.24) is 5.32 Å². The van der Waals surface area contributed by atoms with Gasteiger partial charge in [0.05, 0.1) is 6.10 Å². The first-order valence-electron chi connectivity index (χ1n) is 4.04. The SMILES string of the molecule is [CH][C@@H]1O[C@H](CNC(C)=O)[C@H](O)C1O. The number of carbonyl (C=O) groups excluding carboxylic acids is 1. The summed E-state index contributed by atoms with van der Waals surface area (Å²) < 4.78 is 5.00. The molecular weight excluding hydrogens is 174 g/mol. The van der Waals surface area contributed by atoms with Crippen LogP contribution in [0.4, 0.5) is 0 Å². The average Bonchev–Trinajstić information content (AvgIpc) is 2.29. The van der Waals surface area contributed by atoms with Gasteiger partial charge in [0.1, 0.15) is 18.3 Å². The van der Waals surface area contributed by atoms with E-state index in [1.54, 1.807) is 0 Å². The van der Waals surface area contributed by atoms with Crippen molar-refractivity contribution < 1.29 is 19.7 Å². The molecule has 1 saturated heterocycles. The number of aliphatic hydroxyl groups excluding tert-OH is 2. The van der Waals surface area contributed by atoms with E-state index in [0.29, 0.717) is 0 Å². The van der Waals surface area contributed by atoms with Crippen LogP contribution in [0, 0.1) is 6.92 Å². The molecule has 0 aromatic heterocycles. The molecule has 5 heteroatoms. The average molecular weight is 187 g/mol. The largest absolute Gasteiger partial charge is 0.388 e. The first kappa shape index (κ1) is 10.4. The van der Waals surface area contributed by atoms with Gasteiger partial charge in [0.2, 0.25) is 5.91 Å². The van der Waals surface area contributed by atoms with E-state index >= 15 is 0 Å². The fourth-order valence-electron chi connectivity index (χ4n) is 1.19. The van der Waals surface area contributed by atoms with E-state index in [-0.39, 0.29) is 12.5 Å². The molecule has 0 aromatic carbocycles. The van der Waals surface area contributed by atoms with Gasteiger partial charge < -0.3 is 20.3 Å². The Morgan fingerprint density at radius 2 is 2.15 bits per heavy atom. The summed E-state index contributed by atoms with van der Waals surface area (Å²) in [7, 11) is 0. The van der Waals surface area contributed by atoms with Crippen molar-refractivity contribution in [3.05, 3.63) is 6.92 Å². The van der Waals surface area contributed by atoms with Crippen LogP contribution in [-0.4, -0.2) is 47.1 Å². The molecule has 1 amide bonds. The summed E-state index contributed by atoms with van der Waals surface area (Å²) in [5.41, 5.74) is 0. The molecule has 0 saturated carbocycles. The Morgan fingerprint density at radius 3 is 2.54 bits per heavy atom. The molecule has 1 rings (SSSR count). The molecular formula is C8H13NO4. The highest BCUT2D eigenvalue weighted by Gasteiger charge is 2.40. The number of aliphatic hydroxyl groups is 2. The number of hydrogen-bond donors (Lipinski definition) is 3. The molecule has 1 aliphatic heterocycles. The highest BCUT2D eigenvalue weighted by atomic mass is 16.5. The topological polar surface area (TPSA) is 78.8 Å². The standard InChI is InChI=1S/C8H13NO4/c1-4-7(11)8(12)6(13-4)3-9-5(2)10/h1,4,6-8,11-12H,3H2,2H3,(H,9,10)/t4-,6+,7?,8-/m0/s1. The number of hydrogen-bond acceptors (Lipinski definition) is 4. The fourth-order valence-corrected chi connectivity index (χ4v) is 1.19. The normalized spacial score (nSPS) is 39.1.